The second-order valence-corrected chi connectivity index (χ2v) is 11.0. The lowest BCUT2D eigenvalue weighted by Crippen LogP contribution is -2.56. The van der Waals surface area contributed by atoms with Crippen molar-refractivity contribution in [1.29, 1.82) is 0 Å². The zero-order valence-corrected chi connectivity index (χ0v) is 22.6. The van der Waals surface area contributed by atoms with Crippen LogP contribution in [0.2, 0.25) is 0 Å². The fourth-order valence-corrected chi connectivity index (χ4v) is 5.08. The number of ether oxygens (including phenoxy) is 1. The van der Waals surface area contributed by atoms with Gasteiger partial charge in [-0.05, 0) is 49.6 Å². The molecule has 11 heteroatoms. The van der Waals surface area contributed by atoms with Gasteiger partial charge in [-0.1, -0.05) is 48.5 Å². The van der Waals surface area contributed by atoms with Crippen molar-refractivity contribution in [3.63, 3.8) is 0 Å². The van der Waals surface area contributed by atoms with Crippen LogP contribution < -0.4 is 16.4 Å². The van der Waals surface area contributed by atoms with Crippen molar-refractivity contribution in [2.24, 2.45) is 5.73 Å². The first-order chi connectivity index (χ1) is 18.8. The number of urea groups is 1. The normalized spacial score (nSPS) is 15.5. The predicted octanol–water partition coefficient (Wildman–Crippen LogP) is 1.81. The van der Waals surface area contributed by atoms with E-state index in [1.54, 1.807) is 23.1 Å². The SMILES string of the molecule is NCCCC[C@H](NC(=O)[C@H](Cc1ccccc1)NC(=O)N1CCOCC1)C(=O)/C=C/S(=O)(=O)c1ccccc1. The third-order valence-electron chi connectivity index (χ3n) is 6.29. The van der Waals surface area contributed by atoms with E-state index in [-0.39, 0.29) is 17.7 Å². The first kappa shape index (κ1) is 30.0. The lowest BCUT2D eigenvalue weighted by Gasteiger charge is -2.29. The number of nitrogens with one attached hydrogen (secondary N) is 2. The minimum atomic E-state index is -3.83. The van der Waals surface area contributed by atoms with Gasteiger partial charge >= 0.3 is 6.03 Å². The minimum absolute atomic E-state index is 0.0616. The summed E-state index contributed by atoms with van der Waals surface area (Å²) in [5.41, 5.74) is 6.44. The molecule has 0 bridgehead atoms. The van der Waals surface area contributed by atoms with E-state index >= 15 is 0 Å². The largest absolute Gasteiger partial charge is 0.378 e. The van der Waals surface area contributed by atoms with Crippen LogP contribution in [-0.4, -0.2) is 76.0 Å². The molecule has 0 spiro atoms. The summed E-state index contributed by atoms with van der Waals surface area (Å²) in [4.78, 5) is 41.1. The van der Waals surface area contributed by atoms with E-state index in [1.165, 1.54) is 12.1 Å². The maximum atomic E-state index is 13.4. The standard InChI is InChI=1S/C28H36N4O6S/c29-15-8-7-13-24(26(33)14-20-39(36,37)23-11-5-2-6-12-23)30-27(34)25(21-22-9-3-1-4-10-22)31-28(35)32-16-18-38-19-17-32/h1-6,9-12,14,20,24-25H,7-8,13,15-19,21,29H2,(H,30,34)(H,31,35)/b20-14+/t24-,25-/m0/s1. The van der Waals surface area contributed by atoms with E-state index in [2.05, 4.69) is 10.6 Å². The van der Waals surface area contributed by atoms with Crippen LogP contribution in [0.15, 0.2) is 77.0 Å². The van der Waals surface area contributed by atoms with E-state index in [1.807, 2.05) is 30.3 Å². The van der Waals surface area contributed by atoms with Crippen molar-refractivity contribution in [1.82, 2.24) is 15.5 Å². The highest BCUT2D eigenvalue weighted by molar-refractivity contribution is 7.94. The maximum Gasteiger partial charge on any atom is 0.318 e. The van der Waals surface area contributed by atoms with Gasteiger partial charge in [-0.2, -0.15) is 0 Å². The van der Waals surface area contributed by atoms with Gasteiger partial charge in [0.1, 0.15) is 6.04 Å². The van der Waals surface area contributed by atoms with E-state index in [0.29, 0.717) is 45.7 Å². The smallest absolute Gasteiger partial charge is 0.318 e. The topological polar surface area (TPSA) is 148 Å². The van der Waals surface area contributed by atoms with E-state index in [9.17, 15) is 22.8 Å². The predicted molar refractivity (Wildman–Crippen MR) is 147 cm³/mol. The van der Waals surface area contributed by atoms with Crippen LogP contribution in [0, 0.1) is 0 Å². The van der Waals surface area contributed by atoms with Crippen molar-refractivity contribution in [3.8, 4) is 0 Å². The molecule has 1 fully saturated rings. The van der Waals surface area contributed by atoms with Gasteiger partial charge in [-0.15, -0.1) is 0 Å². The molecule has 10 nitrogen and oxygen atoms in total. The zero-order chi connectivity index (χ0) is 28.1. The molecule has 0 radical (unpaired) electrons. The number of nitrogens with zero attached hydrogens (tertiary/aromatic N) is 1. The molecule has 1 aliphatic heterocycles. The summed E-state index contributed by atoms with van der Waals surface area (Å²) in [6.07, 6.45) is 2.65. The minimum Gasteiger partial charge on any atom is -0.378 e. The van der Waals surface area contributed by atoms with Crippen molar-refractivity contribution in [3.05, 3.63) is 77.7 Å². The quantitative estimate of drug-likeness (QED) is 0.252. The first-order valence-corrected chi connectivity index (χ1v) is 14.5. The van der Waals surface area contributed by atoms with Gasteiger partial charge in [0, 0.05) is 24.9 Å². The Bertz CT molecular complexity index is 1220. The number of nitrogens with two attached hydrogens (primary N) is 1. The van der Waals surface area contributed by atoms with Gasteiger partial charge in [0.25, 0.3) is 0 Å². The fourth-order valence-electron chi connectivity index (χ4n) is 4.08. The summed E-state index contributed by atoms with van der Waals surface area (Å²) in [5.74, 6) is -1.09. The molecule has 2 aromatic carbocycles. The second kappa shape index (κ2) is 15.2. The molecule has 39 heavy (non-hydrogen) atoms. The molecule has 1 aliphatic rings. The van der Waals surface area contributed by atoms with Crippen LogP contribution in [0.1, 0.15) is 24.8 Å². The fraction of sp³-hybridized carbons (Fsp3) is 0.393. The summed E-state index contributed by atoms with van der Waals surface area (Å²) < 4.78 is 30.5. The monoisotopic (exact) mass is 556 g/mol. The molecule has 0 unspecified atom stereocenters. The number of carbonyl (C=O) groups excluding carboxylic acids is 3. The number of hydrogen-bond donors (Lipinski definition) is 3. The van der Waals surface area contributed by atoms with Crippen LogP contribution in [0.25, 0.3) is 0 Å². The highest BCUT2D eigenvalue weighted by Crippen LogP contribution is 2.13. The molecule has 1 saturated heterocycles. The Hall–Kier alpha value is -3.54. The molecular formula is C28H36N4O6S. The molecule has 2 aromatic rings. The summed E-state index contributed by atoms with van der Waals surface area (Å²) in [6.45, 7) is 2.07. The number of rotatable bonds is 13. The number of benzene rings is 2. The van der Waals surface area contributed by atoms with Gasteiger partial charge in [0.15, 0.2) is 15.6 Å². The number of morpholine rings is 1. The Morgan fingerprint density at radius 2 is 1.56 bits per heavy atom. The molecule has 1 heterocycles. The van der Waals surface area contributed by atoms with Gasteiger partial charge in [0.2, 0.25) is 5.91 Å². The third kappa shape index (κ3) is 9.61. The molecular weight excluding hydrogens is 520 g/mol. The Labute approximate surface area is 229 Å². The molecule has 3 rings (SSSR count). The van der Waals surface area contributed by atoms with Crippen LogP contribution in [0.5, 0.6) is 0 Å². The number of sulfone groups is 1. The van der Waals surface area contributed by atoms with Crippen LogP contribution in [0.3, 0.4) is 0 Å². The number of amides is 3. The molecule has 4 N–H and O–H groups in total. The molecule has 2 atom stereocenters. The van der Waals surface area contributed by atoms with Gasteiger partial charge < -0.3 is 26.0 Å². The van der Waals surface area contributed by atoms with Crippen molar-refractivity contribution in [2.45, 2.75) is 42.7 Å². The average Bonchev–Trinajstić information content (AvgIpc) is 2.96. The van der Waals surface area contributed by atoms with Crippen molar-refractivity contribution in [2.75, 3.05) is 32.8 Å². The van der Waals surface area contributed by atoms with Crippen molar-refractivity contribution >= 4 is 27.6 Å². The summed E-state index contributed by atoms with van der Waals surface area (Å²) in [5, 5.41) is 6.40. The average molecular weight is 557 g/mol. The maximum absolute atomic E-state index is 13.4. The number of carbonyl (C=O) groups is 3. The molecule has 210 valence electrons. The Morgan fingerprint density at radius 1 is 0.923 bits per heavy atom. The van der Waals surface area contributed by atoms with E-state index < -0.39 is 39.6 Å². The van der Waals surface area contributed by atoms with Crippen LogP contribution >= 0.6 is 0 Å². The van der Waals surface area contributed by atoms with Gasteiger partial charge in [0.05, 0.1) is 24.2 Å². The highest BCUT2D eigenvalue weighted by Gasteiger charge is 2.28. The number of hydrogen-bond acceptors (Lipinski definition) is 7. The second-order valence-electron chi connectivity index (χ2n) is 9.20. The molecule has 0 aliphatic carbocycles. The lowest BCUT2D eigenvalue weighted by atomic mass is 10.0. The summed E-state index contributed by atoms with van der Waals surface area (Å²) in [7, 11) is -3.83. The Balaban J connectivity index is 1.76. The van der Waals surface area contributed by atoms with Gasteiger partial charge in [-0.3, -0.25) is 9.59 Å². The molecule has 0 saturated carbocycles. The van der Waals surface area contributed by atoms with Crippen LogP contribution in [-0.2, 0) is 30.6 Å². The number of ketones is 1. The lowest BCUT2D eigenvalue weighted by molar-refractivity contribution is -0.127. The van der Waals surface area contributed by atoms with E-state index in [4.69, 9.17) is 10.5 Å². The Kier molecular flexibility index (Phi) is 11.7. The zero-order valence-electron chi connectivity index (χ0n) is 21.8. The van der Waals surface area contributed by atoms with Crippen molar-refractivity contribution < 1.29 is 27.5 Å². The Morgan fingerprint density at radius 3 is 2.21 bits per heavy atom. The van der Waals surface area contributed by atoms with E-state index in [0.717, 1.165) is 17.0 Å². The molecule has 0 aromatic heterocycles. The number of unbranched alkanes of at least 4 members (excludes halogenated alkanes) is 1. The molecule has 3 amide bonds. The third-order valence-corrected chi connectivity index (χ3v) is 7.71. The van der Waals surface area contributed by atoms with Gasteiger partial charge in [-0.25, -0.2) is 13.2 Å². The summed E-state index contributed by atoms with van der Waals surface area (Å²) in [6, 6.07) is 14.7. The first-order valence-electron chi connectivity index (χ1n) is 13.0. The summed E-state index contributed by atoms with van der Waals surface area (Å²) >= 11 is 0. The van der Waals surface area contributed by atoms with Crippen LogP contribution in [0.4, 0.5) is 4.79 Å². The highest BCUT2D eigenvalue weighted by atomic mass is 32.2.